The molecule has 0 aliphatic heterocycles. The summed E-state index contributed by atoms with van der Waals surface area (Å²) < 4.78 is 1.62. The van der Waals surface area contributed by atoms with Crippen LogP contribution >= 0.6 is 0 Å². The fraction of sp³-hybridized carbons (Fsp3) is 0.500. The van der Waals surface area contributed by atoms with Crippen molar-refractivity contribution in [3.8, 4) is 0 Å². The van der Waals surface area contributed by atoms with Crippen LogP contribution in [-0.4, -0.2) is 30.1 Å². The zero-order valence-electron chi connectivity index (χ0n) is 8.45. The van der Waals surface area contributed by atoms with Gasteiger partial charge in [0.2, 0.25) is 5.56 Å². The average Bonchev–Trinajstić information content (AvgIpc) is 2.07. The molecule has 1 aromatic heterocycles. The summed E-state index contributed by atoms with van der Waals surface area (Å²) in [6.45, 7) is 1.01. The van der Waals surface area contributed by atoms with Crippen LogP contribution in [0.15, 0.2) is 23.1 Å². The number of hydrogen-bond acceptors (Lipinski definition) is 2. The van der Waals surface area contributed by atoms with E-state index in [0.29, 0.717) is 0 Å². The fourth-order valence-electron chi connectivity index (χ4n) is 1.15. The molecule has 0 aliphatic rings. The van der Waals surface area contributed by atoms with E-state index in [4.69, 9.17) is 0 Å². The van der Waals surface area contributed by atoms with Gasteiger partial charge in [-0.1, -0.05) is 6.07 Å². The molecule has 13 heavy (non-hydrogen) atoms. The lowest BCUT2D eigenvalue weighted by atomic mass is 10.2. The summed E-state index contributed by atoms with van der Waals surface area (Å²) in [4.78, 5) is 13.2. The summed E-state index contributed by atoms with van der Waals surface area (Å²) in [7, 11) is 5.87. The Bertz CT molecular complexity index is 328. The molecule has 0 bridgehead atoms. The molecule has 0 saturated carbocycles. The summed E-state index contributed by atoms with van der Waals surface area (Å²) in [5.74, 6) is 0. The van der Waals surface area contributed by atoms with Gasteiger partial charge < -0.3 is 9.47 Å². The summed E-state index contributed by atoms with van der Waals surface area (Å²) in [5.41, 5.74) is 1.25. The predicted octanol–water partition coefficient (Wildman–Crippen LogP) is 0.489. The van der Waals surface area contributed by atoms with Gasteiger partial charge in [0.15, 0.2) is 0 Å². The van der Waals surface area contributed by atoms with Crippen LogP contribution in [0.4, 0.5) is 0 Å². The number of rotatable bonds is 3. The Hall–Kier alpha value is -1.09. The Balaban J connectivity index is 2.69. The van der Waals surface area contributed by atoms with Crippen LogP contribution in [0.25, 0.3) is 0 Å². The van der Waals surface area contributed by atoms with Crippen LogP contribution in [0.1, 0.15) is 5.56 Å². The Morgan fingerprint density at radius 1 is 1.38 bits per heavy atom. The maximum Gasteiger partial charge on any atom is 0.250 e. The largest absolute Gasteiger partial charge is 0.318 e. The average molecular weight is 180 g/mol. The minimum Gasteiger partial charge on any atom is -0.318 e. The number of aryl methyl sites for hydroxylation is 1. The van der Waals surface area contributed by atoms with Crippen molar-refractivity contribution in [2.24, 2.45) is 7.05 Å². The van der Waals surface area contributed by atoms with Gasteiger partial charge in [-0.2, -0.15) is 0 Å². The Labute approximate surface area is 78.6 Å². The molecular weight excluding hydrogens is 164 g/mol. The third-order valence-corrected chi connectivity index (χ3v) is 1.99. The number of aromatic nitrogens is 1. The second kappa shape index (κ2) is 4.23. The molecule has 0 aromatic carbocycles. The van der Waals surface area contributed by atoms with Crippen molar-refractivity contribution in [1.82, 2.24) is 9.47 Å². The van der Waals surface area contributed by atoms with Crippen molar-refractivity contribution in [2.75, 3.05) is 20.6 Å². The van der Waals surface area contributed by atoms with E-state index >= 15 is 0 Å². The van der Waals surface area contributed by atoms with Crippen LogP contribution in [0.5, 0.6) is 0 Å². The zero-order valence-corrected chi connectivity index (χ0v) is 8.45. The fourth-order valence-corrected chi connectivity index (χ4v) is 1.15. The molecule has 72 valence electrons. The van der Waals surface area contributed by atoms with E-state index in [9.17, 15) is 4.79 Å². The van der Waals surface area contributed by atoms with Gasteiger partial charge in [0.1, 0.15) is 0 Å². The van der Waals surface area contributed by atoms with E-state index in [1.54, 1.807) is 17.7 Å². The number of likely N-dealkylation sites (N-methyl/N-ethyl adjacent to an activating group) is 1. The first-order valence-electron chi connectivity index (χ1n) is 4.40. The summed E-state index contributed by atoms with van der Waals surface area (Å²) in [6.07, 6.45) is 2.88. The van der Waals surface area contributed by atoms with Gasteiger partial charge in [-0.15, -0.1) is 0 Å². The predicted molar refractivity (Wildman–Crippen MR) is 53.9 cm³/mol. The minimum atomic E-state index is 0.0496. The van der Waals surface area contributed by atoms with Gasteiger partial charge in [-0.25, -0.2) is 0 Å². The molecule has 1 heterocycles. The molecule has 0 radical (unpaired) electrons. The van der Waals surface area contributed by atoms with Gasteiger partial charge in [0, 0.05) is 25.9 Å². The van der Waals surface area contributed by atoms with Gasteiger partial charge in [-0.05, 0) is 26.1 Å². The van der Waals surface area contributed by atoms with E-state index in [2.05, 4.69) is 4.90 Å². The van der Waals surface area contributed by atoms with Gasteiger partial charge >= 0.3 is 0 Å². The van der Waals surface area contributed by atoms with Crippen molar-refractivity contribution < 1.29 is 0 Å². The van der Waals surface area contributed by atoms with Crippen molar-refractivity contribution in [2.45, 2.75) is 6.42 Å². The van der Waals surface area contributed by atoms with Crippen LogP contribution in [0, 0.1) is 0 Å². The highest BCUT2D eigenvalue weighted by molar-refractivity contribution is 5.10. The van der Waals surface area contributed by atoms with Crippen LogP contribution < -0.4 is 5.56 Å². The van der Waals surface area contributed by atoms with E-state index in [-0.39, 0.29) is 5.56 Å². The summed E-state index contributed by atoms with van der Waals surface area (Å²) in [6, 6.07) is 3.51. The molecule has 1 rings (SSSR count). The molecule has 0 amide bonds. The highest BCUT2D eigenvalue weighted by Crippen LogP contribution is 1.96. The summed E-state index contributed by atoms with van der Waals surface area (Å²) in [5, 5.41) is 0. The number of nitrogens with zero attached hydrogens (tertiary/aromatic N) is 2. The van der Waals surface area contributed by atoms with Gasteiger partial charge in [0.25, 0.3) is 0 Å². The maximum absolute atomic E-state index is 11.1. The third-order valence-electron chi connectivity index (χ3n) is 1.99. The number of hydrogen-bond donors (Lipinski definition) is 0. The second-order valence-corrected chi connectivity index (χ2v) is 3.54. The Morgan fingerprint density at radius 3 is 2.62 bits per heavy atom. The smallest absolute Gasteiger partial charge is 0.250 e. The van der Waals surface area contributed by atoms with E-state index in [1.165, 1.54) is 5.56 Å². The Morgan fingerprint density at radius 2 is 2.08 bits per heavy atom. The lowest BCUT2D eigenvalue weighted by Gasteiger charge is -2.09. The number of pyridine rings is 1. The third kappa shape index (κ3) is 3.03. The molecule has 0 N–H and O–H groups in total. The normalized spacial score (nSPS) is 10.8. The van der Waals surface area contributed by atoms with Crippen LogP contribution in [0.3, 0.4) is 0 Å². The van der Waals surface area contributed by atoms with E-state index in [0.717, 1.165) is 13.0 Å². The summed E-state index contributed by atoms with van der Waals surface area (Å²) >= 11 is 0. The lowest BCUT2D eigenvalue weighted by molar-refractivity contribution is 0.413. The second-order valence-electron chi connectivity index (χ2n) is 3.54. The molecule has 0 spiro atoms. The first-order chi connectivity index (χ1) is 6.09. The highest BCUT2D eigenvalue weighted by Gasteiger charge is 1.96. The first kappa shape index (κ1) is 9.99. The van der Waals surface area contributed by atoms with Crippen molar-refractivity contribution >= 4 is 0 Å². The monoisotopic (exact) mass is 180 g/mol. The first-order valence-corrected chi connectivity index (χ1v) is 4.40. The standard InChI is InChI=1S/C10H16N2O/c1-11(2)7-6-9-4-5-10(13)12(3)8-9/h4-5,8H,6-7H2,1-3H3. The van der Waals surface area contributed by atoms with Crippen LogP contribution in [-0.2, 0) is 13.5 Å². The van der Waals surface area contributed by atoms with Gasteiger partial charge in [0.05, 0.1) is 0 Å². The molecule has 0 saturated heterocycles. The molecular formula is C10H16N2O. The molecule has 1 aromatic rings. The quantitative estimate of drug-likeness (QED) is 0.676. The SMILES string of the molecule is CN(C)CCc1ccc(=O)n(C)c1. The van der Waals surface area contributed by atoms with Crippen LogP contribution in [0.2, 0.25) is 0 Å². The topological polar surface area (TPSA) is 25.2 Å². The van der Waals surface area contributed by atoms with E-state index < -0.39 is 0 Å². The molecule has 3 nitrogen and oxygen atoms in total. The molecule has 0 aliphatic carbocycles. The van der Waals surface area contributed by atoms with Crippen molar-refractivity contribution in [3.63, 3.8) is 0 Å². The molecule has 0 fully saturated rings. The molecule has 0 unspecified atom stereocenters. The lowest BCUT2D eigenvalue weighted by Crippen LogP contribution is -2.18. The minimum absolute atomic E-state index is 0.0496. The molecule has 3 heteroatoms. The molecule has 0 atom stereocenters. The van der Waals surface area contributed by atoms with Crippen molar-refractivity contribution in [1.29, 1.82) is 0 Å². The highest BCUT2D eigenvalue weighted by atomic mass is 16.1. The maximum atomic E-state index is 11.1. The van der Waals surface area contributed by atoms with Crippen molar-refractivity contribution in [3.05, 3.63) is 34.2 Å². The Kier molecular flexibility index (Phi) is 3.25. The van der Waals surface area contributed by atoms with E-state index in [1.807, 2.05) is 26.4 Å². The zero-order chi connectivity index (χ0) is 9.84. The van der Waals surface area contributed by atoms with Gasteiger partial charge in [-0.3, -0.25) is 4.79 Å².